The highest BCUT2D eigenvalue weighted by molar-refractivity contribution is 5.88. The molecule has 1 aromatic carbocycles. The molecule has 9 nitrogen and oxygen atoms in total. The van der Waals surface area contributed by atoms with Crippen molar-refractivity contribution >= 4 is 17.5 Å². The fraction of sp³-hybridized carbons (Fsp3) is 0.607. The van der Waals surface area contributed by atoms with Gasteiger partial charge in [-0.05, 0) is 69.0 Å². The molecule has 3 aliphatic heterocycles. The zero-order valence-electron chi connectivity index (χ0n) is 22.9. The first-order valence-electron chi connectivity index (χ1n) is 13.9. The molecule has 0 saturated carbocycles. The number of aromatic carboxylic acids is 1. The number of carboxylic acids is 1. The van der Waals surface area contributed by atoms with Gasteiger partial charge in [-0.3, -0.25) is 0 Å². The van der Waals surface area contributed by atoms with Gasteiger partial charge in [-0.1, -0.05) is 0 Å². The third kappa shape index (κ3) is 9.03. The second-order valence-electron chi connectivity index (χ2n) is 10.7. The lowest BCUT2D eigenvalue weighted by Crippen LogP contribution is -2.47. The van der Waals surface area contributed by atoms with Crippen LogP contribution in [0.4, 0.5) is 24.7 Å². The number of aromatic nitrogens is 2. The molecular formula is C28H39F3N6O3. The number of benzene rings is 1. The standard InChI is InChI=1S/C18H27N3O2.C10H12F3N3O/c1-19-10-12-20(13-11-19)14-15-6-8-21(9-7-15)17-4-2-16(3-5-17)18(22)23;11-10(12,13)9-14-4-3-8(16-9)15-7-2-1-5-17-6-7/h2-5,15H,6-14H2,1H3,(H,22,23);3-4,7H,1-2,5-6H2,(H,14,15,16). The van der Waals surface area contributed by atoms with E-state index in [1.807, 2.05) is 12.1 Å². The van der Waals surface area contributed by atoms with Gasteiger partial charge in [0, 0.05) is 64.3 Å². The summed E-state index contributed by atoms with van der Waals surface area (Å²) < 4.78 is 42.3. The molecule has 1 unspecified atom stereocenters. The molecule has 0 radical (unpaired) electrons. The van der Waals surface area contributed by atoms with Crippen molar-refractivity contribution in [3.8, 4) is 0 Å². The Morgan fingerprint density at radius 3 is 2.35 bits per heavy atom. The lowest BCUT2D eigenvalue weighted by molar-refractivity contribution is -0.144. The Kier molecular flexibility index (Phi) is 10.6. The number of hydrogen-bond donors (Lipinski definition) is 2. The molecule has 12 heteroatoms. The van der Waals surface area contributed by atoms with Gasteiger partial charge in [0.15, 0.2) is 0 Å². The van der Waals surface area contributed by atoms with E-state index in [9.17, 15) is 18.0 Å². The zero-order chi connectivity index (χ0) is 28.5. The maximum absolute atomic E-state index is 12.4. The molecule has 1 atom stereocenters. The van der Waals surface area contributed by atoms with E-state index in [1.165, 1.54) is 51.6 Å². The van der Waals surface area contributed by atoms with Crippen LogP contribution in [0.3, 0.4) is 0 Å². The number of halogens is 3. The fourth-order valence-electron chi connectivity index (χ4n) is 5.22. The summed E-state index contributed by atoms with van der Waals surface area (Å²) in [7, 11) is 2.20. The number of piperidine rings is 1. The highest BCUT2D eigenvalue weighted by Crippen LogP contribution is 2.27. The Hall–Kier alpha value is -2.96. The zero-order valence-corrected chi connectivity index (χ0v) is 22.9. The van der Waals surface area contributed by atoms with Crippen LogP contribution in [-0.2, 0) is 10.9 Å². The molecule has 4 heterocycles. The van der Waals surface area contributed by atoms with Crippen LogP contribution < -0.4 is 10.2 Å². The monoisotopic (exact) mass is 564 g/mol. The summed E-state index contributed by atoms with van der Waals surface area (Å²) in [5.74, 6) is -1.00. The largest absolute Gasteiger partial charge is 0.478 e. The van der Waals surface area contributed by atoms with E-state index in [0.29, 0.717) is 18.8 Å². The van der Waals surface area contributed by atoms with Gasteiger partial charge in [-0.2, -0.15) is 13.2 Å². The SMILES string of the molecule is CN1CCN(CC2CCN(c3ccc(C(=O)O)cc3)CC2)CC1.FC(F)(F)c1nccc(NC2CCCOC2)n1. The van der Waals surface area contributed by atoms with Crippen LogP contribution in [0.1, 0.15) is 41.9 Å². The van der Waals surface area contributed by atoms with Gasteiger partial charge in [0.25, 0.3) is 0 Å². The van der Waals surface area contributed by atoms with Crippen LogP contribution in [0.15, 0.2) is 36.5 Å². The molecule has 0 bridgehead atoms. The molecule has 1 aromatic heterocycles. The summed E-state index contributed by atoms with van der Waals surface area (Å²) in [6.07, 6.45) is 0.808. The second kappa shape index (κ2) is 14.1. The van der Waals surface area contributed by atoms with Crippen molar-refractivity contribution in [3.05, 3.63) is 47.9 Å². The Morgan fingerprint density at radius 2 is 1.75 bits per heavy atom. The van der Waals surface area contributed by atoms with Crippen LogP contribution in [0, 0.1) is 5.92 Å². The second-order valence-corrected chi connectivity index (χ2v) is 10.7. The summed E-state index contributed by atoms with van der Waals surface area (Å²) in [5, 5.41) is 11.9. The van der Waals surface area contributed by atoms with Crippen LogP contribution >= 0.6 is 0 Å². The number of rotatable bonds is 6. The predicted molar refractivity (Wildman–Crippen MR) is 147 cm³/mol. The lowest BCUT2D eigenvalue weighted by atomic mass is 9.95. The van der Waals surface area contributed by atoms with Gasteiger partial charge in [0.1, 0.15) is 5.82 Å². The van der Waals surface area contributed by atoms with Gasteiger partial charge >= 0.3 is 12.1 Å². The Morgan fingerprint density at radius 1 is 1.05 bits per heavy atom. The van der Waals surface area contributed by atoms with E-state index in [-0.39, 0.29) is 11.9 Å². The van der Waals surface area contributed by atoms with E-state index in [4.69, 9.17) is 9.84 Å². The maximum atomic E-state index is 12.4. The number of likely N-dealkylation sites (N-methyl/N-ethyl adjacent to an activating group) is 1. The first-order valence-corrected chi connectivity index (χ1v) is 13.9. The minimum Gasteiger partial charge on any atom is -0.478 e. The average Bonchev–Trinajstić information content (AvgIpc) is 2.95. The van der Waals surface area contributed by atoms with Gasteiger partial charge in [-0.25, -0.2) is 14.8 Å². The summed E-state index contributed by atoms with van der Waals surface area (Å²) in [5.41, 5.74) is 1.51. The van der Waals surface area contributed by atoms with Crippen molar-refractivity contribution < 1.29 is 27.8 Å². The van der Waals surface area contributed by atoms with Crippen molar-refractivity contribution in [2.75, 3.05) is 76.3 Å². The highest BCUT2D eigenvalue weighted by atomic mass is 19.4. The first-order chi connectivity index (χ1) is 19.2. The fourth-order valence-corrected chi connectivity index (χ4v) is 5.22. The third-order valence-electron chi connectivity index (χ3n) is 7.63. The van der Waals surface area contributed by atoms with Crippen molar-refractivity contribution in [1.82, 2.24) is 19.8 Å². The van der Waals surface area contributed by atoms with E-state index in [2.05, 4.69) is 37.0 Å². The summed E-state index contributed by atoms with van der Waals surface area (Å²) in [6.45, 7) is 9.36. The van der Waals surface area contributed by atoms with Crippen LogP contribution in [0.25, 0.3) is 0 Å². The molecule has 0 amide bonds. The molecule has 2 aromatic rings. The molecule has 220 valence electrons. The van der Waals surface area contributed by atoms with Crippen molar-refractivity contribution in [3.63, 3.8) is 0 Å². The molecule has 3 fully saturated rings. The van der Waals surface area contributed by atoms with Crippen LogP contribution in [0.5, 0.6) is 0 Å². The number of alkyl halides is 3. The Bertz CT molecular complexity index is 1070. The highest BCUT2D eigenvalue weighted by Gasteiger charge is 2.34. The summed E-state index contributed by atoms with van der Waals surface area (Å²) >= 11 is 0. The molecule has 2 N–H and O–H groups in total. The van der Waals surface area contributed by atoms with Gasteiger partial charge in [0.05, 0.1) is 18.2 Å². The van der Waals surface area contributed by atoms with Crippen LogP contribution in [0.2, 0.25) is 0 Å². The van der Waals surface area contributed by atoms with E-state index < -0.39 is 18.0 Å². The smallest absolute Gasteiger partial charge is 0.451 e. The first kappa shape index (κ1) is 30.0. The number of nitrogens with zero attached hydrogens (tertiary/aromatic N) is 5. The molecule has 0 spiro atoms. The van der Waals surface area contributed by atoms with E-state index in [1.54, 1.807) is 12.1 Å². The lowest BCUT2D eigenvalue weighted by Gasteiger charge is -2.38. The average molecular weight is 565 g/mol. The number of carboxylic acid groups (broad SMARTS) is 1. The summed E-state index contributed by atoms with van der Waals surface area (Å²) in [6, 6.07) is 8.71. The summed E-state index contributed by atoms with van der Waals surface area (Å²) in [4.78, 5) is 24.9. The van der Waals surface area contributed by atoms with Gasteiger partial charge in [-0.15, -0.1) is 0 Å². The Balaban J connectivity index is 0.000000194. The topological polar surface area (TPSA) is 94.1 Å². The molecule has 3 aliphatic rings. The molecular weight excluding hydrogens is 525 g/mol. The quantitative estimate of drug-likeness (QED) is 0.541. The predicted octanol–water partition coefficient (Wildman–Crippen LogP) is 3.93. The number of carbonyl (C=O) groups is 1. The normalized spacial score (nSPS) is 21.4. The molecule has 40 heavy (non-hydrogen) atoms. The van der Waals surface area contributed by atoms with E-state index >= 15 is 0 Å². The number of piperazine rings is 1. The van der Waals surface area contributed by atoms with Crippen molar-refractivity contribution in [2.24, 2.45) is 5.92 Å². The van der Waals surface area contributed by atoms with Crippen molar-refractivity contribution in [2.45, 2.75) is 37.9 Å². The Labute approximate surface area is 233 Å². The van der Waals surface area contributed by atoms with Gasteiger partial charge in [0.2, 0.25) is 5.82 Å². The third-order valence-corrected chi connectivity index (χ3v) is 7.63. The molecule has 3 saturated heterocycles. The number of hydrogen-bond acceptors (Lipinski definition) is 8. The molecule has 5 rings (SSSR count). The van der Waals surface area contributed by atoms with E-state index in [0.717, 1.165) is 43.7 Å². The number of nitrogens with one attached hydrogen (secondary N) is 1. The minimum atomic E-state index is -4.51. The van der Waals surface area contributed by atoms with Crippen molar-refractivity contribution in [1.29, 1.82) is 0 Å². The number of anilines is 2. The van der Waals surface area contributed by atoms with Gasteiger partial charge < -0.3 is 29.9 Å². The molecule has 0 aliphatic carbocycles. The number of ether oxygens (including phenoxy) is 1. The maximum Gasteiger partial charge on any atom is 0.451 e. The van der Waals surface area contributed by atoms with Crippen LogP contribution in [-0.4, -0.2) is 103 Å². The minimum absolute atomic E-state index is 0.0136.